The number of hydrogen-bond acceptors (Lipinski definition) is 3. The lowest BCUT2D eigenvalue weighted by molar-refractivity contribution is 0.299. The molecule has 0 aliphatic heterocycles. The minimum Gasteiger partial charge on any atom is -0.396 e. The van der Waals surface area contributed by atoms with Gasteiger partial charge in [-0.15, -0.1) is 11.8 Å². The van der Waals surface area contributed by atoms with Gasteiger partial charge in [-0.2, -0.15) is 0 Å². The highest BCUT2D eigenvalue weighted by molar-refractivity contribution is 7.98. The van der Waals surface area contributed by atoms with Crippen LogP contribution in [0.15, 0.2) is 59.5 Å². The first-order valence-corrected chi connectivity index (χ1v) is 11.8. The van der Waals surface area contributed by atoms with Crippen LogP contribution in [-0.2, 0) is 12.2 Å². The van der Waals surface area contributed by atoms with Gasteiger partial charge in [-0.25, -0.2) is 0 Å². The highest BCUT2D eigenvalue weighted by atomic mass is 32.2. The monoisotopic (exact) mass is 419 g/mol. The van der Waals surface area contributed by atoms with E-state index in [-0.39, 0.29) is 6.61 Å². The van der Waals surface area contributed by atoms with Crippen molar-refractivity contribution >= 4 is 11.8 Å². The average Bonchev–Trinajstić information content (AvgIpc) is 2.73. The summed E-state index contributed by atoms with van der Waals surface area (Å²) < 4.78 is 0. The molecule has 0 amide bonds. The Balaban J connectivity index is 2.20. The molecule has 3 heteroatoms. The van der Waals surface area contributed by atoms with Gasteiger partial charge < -0.3 is 5.11 Å². The molecule has 1 N–H and O–H groups in total. The predicted octanol–water partition coefficient (Wildman–Crippen LogP) is 7.13. The maximum atomic E-state index is 9.87. The van der Waals surface area contributed by atoms with Crippen molar-refractivity contribution in [3.63, 3.8) is 0 Å². The SMILES string of the molecule is Cc1ccc(SCc2c(C(C)C)nc(C(C)C)c(CCO)c2-c2ccccc2)cc1. The summed E-state index contributed by atoms with van der Waals surface area (Å²) in [5, 5.41) is 9.87. The Kier molecular flexibility index (Phi) is 7.74. The molecule has 0 aliphatic carbocycles. The van der Waals surface area contributed by atoms with Crippen LogP contribution < -0.4 is 0 Å². The van der Waals surface area contributed by atoms with E-state index in [4.69, 9.17) is 4.98 Å². The van der Waals surface area contributed by atoms with Crippen LogP contribution in [0.2, 0.25) is 0 Å². The third kappa shape index (κ3) is 5.14. The zero-order valence-corrected chi connectivity index (χ0v) is 19.6. The molecular formula is C27H33NOS. The molecule has 3 rings (SSSR count). The molecule has 158 valence electrons. The number of pyridine rings is 1. The lowest BCUT2D eigenvalue weighted by atomic mass is 9.86. The molecule has 0 saturated heterocycles. The summed E-state index contributed by atoms with van der Waals surface area (Å²) in [7, 11) is 0. The quantitative estimate of drug-likeness (QED) is 0.394. The minimum absolute atomic E-state index is 0.132. The van der Waals surface area contributed by atoms with Crippen LogP contribution in [0.5, 0.6) is 0 Å². The van der Waals surface area contributed by atoms with Crippen molar-refractivity contribution in [3.8, 4) is 11.1 Å². The third-order valence-electron chi connectivity index (χ3n) is 5.39. The topological polar surface area (TPSA) is 33.1 Å². The fourth-order valence-corrected chi connectivity index (χ4v) is 4.84. The molecule has 30 heavy (non-hydrogen) atoms. The minimum atomic E-state index is 0.132. The van der Waals surface area contributed by atoms with Crippen LogP contribution in [0.3, 0.4) is 0 Å². The zero-order valence-electron chi connectivity index (χ0n) is 18.8. The molecule has 0 bridgehead atoms. The summed E-state index contributed by atoms with van der Waals surface area (Å²) in [6.45, 7) is 11.1. The van der Waals surface area contributed by atoms with Gasteiger partial charge in [0.25, 0.3) is 0 Å². The number of hydrogen-bond donors (Lipinski definition) is 1. The first-order chi connectivity index (χ1) is 14.4. The smallest absolute Gasteiger partial charge is 0.0479 e. The van der Waals surface area contributed by atoms with Crippen molar-refractivity contribution in [3.05, 3.63) is 82.7 Å². The van der Waals surface area contributed by atoms with Crippen LogP contribution in [0.1, 0.15) is 67.6 Å². The molecule has 2 nitrogen and oxygen atoms in total. The first-order valence-electron chi connectivity index (χ1n) is 10.8. The molecule has 0 spiro atoms. The number of aromatic nitrogens is 1. The van der Waals surface area contributed by atoms with Crippen molar-refractivity contribution < 1.29 is 5.11 Å². The Morgan fingerprint density at radius 3 is 2.00 bits per heavy atom. The van der Waals surface area contributed by atoms with Crippen LogP contribution in [0.25, 0.3) is 11.1 Å². The van der Waals surface area contributed by atoms with Gasteiger partial charge in [0.15, 0.2) is 0 Å². The van der Waals surface area contributed by atoms with E-state index in [0.29, 0.717) is 18.3 Å². The van der Waals surface area contributed by atoms with Crippen LogP contribution in [0.4, 0.5) is 0 Å². The average molecular weight is 420 g/mol. The molecule has 3 aromatic rings. The second-order valence-corrected chi connectivity index (χ2v) is 9.51. The van der Waals surface area contributed by atoms with E-state index in [1.807, 2.05) is 11.8 Å². The van der Waals surface area contributed by atoms with Crippen molar-refractivity contribution in [1.82, 2.24) is 4.98 Å². The van der Waals surface area contributed by atoms with Crippen LogP contribution in [-0.4, -0.2) is 16.7 Å². The van der Waals surface area contributed by atoms with E-state index in [9.17, 15) is 5.11 Å². The van der Waals surface area contributed by atoms with E-state index in [0.717, 1.165) is 11.4 Å². The van der Waals surface area contributed by atoms with Gasteiger partial charge in [0.2, 0.25) is 0 Å². The summed E-state index contributed by atoms with van der Waals surface area (Å²) in [5.41, 5.74) is 8.56. The van der Waals surface area contributed by atoms with E-state index in [1.54, 1.807) is 0 Å². The van der Waals surface area contributed by atoms with Gasteiger partial charge in [-0.05, 0) is 59.6 Å². The Morgan fingerprint density at radius 2 is 1.43 bits per heavy atom. The van der Waals surface area contributed by atoms with E-state index in [1.165, 1.54) is 38.4 Å². The fourth-order valence-electron chi connectivity index (χ4n) is 3.91. The van der Waals surface area contributed by atoms with Gasteiger partial charge in [0.05, 0.1) is 0 Å². The van der Waals surface area contributed by atoms with E-state index < -0.39 is 0 Å². The summed E-state index contributed by atoms with van der Waals surface area (Å²) in [6.07, 6.45) is 0.630. The Bertz CT molecular complexity index is 962. The zero-order chi connectivity index (χ0) is 21.7. The Labute approximate surface area is 185 Å². The number of aliphatic hydroxyl groups is 1. The maximum Gasteiger partial charge on any atom is 0.0479 e. The molecule has 0 unspecified atom stereocenters. The summed E-state index contributed by atoms with van der Waals surface area (Å²) in [4.78, 5) is 6.45. The molecule has 0 atom stereocenters. The van der Waals surface area contributed by atoms with Gasteiger partial charge in [0.1, 0.15) is 0 Å². The largest absolute Gasteiger partial charge is 0.396 e. The first kappa shape index (κ1) is 22.6. The molecular weight excluding hydrogens is 386 g/mol. The predicted molar refractivity (Wildman–Crippen MR) is 129 cm³/mol. The molecule has 0 aliphatic rings. The second kappa shape index (κ2) is 10.3. The molecule has 1 heterocycles. The van der Waals surface area contributed by atoms with Gasteiger partial charge in [-0.3, -0.25) is 4.98 Å². The summed E-state index contributed by atoms with van der Waals surface area (Å²) in [6, 6.07) is 19.4. The summed E-state index contributed by atoms with van der Waals surface area (Å²) in [5.74, 6) is 1.51. The summed E-state index contributed by atoms with van der Waals surface area (Å²) >= 11 is 1.86. The van der Waals surface area contributed by atoms with E-state index >= 15 is 0 Å². The van der Waals surface area contributed by atoms with Crippen LogP contribution >= 0.6 is 11.8 Å². The molecule has 0 radical (unpaired) electrons. The highest BCUT2D eigenvalue weighted by Crippen LogP contribution is 2.39. The van der Waals surface area contributed by atoms with Crippen LogP contribution in [0, 0.1) is 6.92 Å². The number of thioether (sulfide) groups is 1. The number of rotatable bonds is 8. The normalized spacial score (nSPS) is 11.5. The van der Waals surface area contributed by atoms with Crippen molar-refractivity contribution in [2.24, 2.45) is 0 Å². The number of nitrogens with zero attached hydrogens (tertiary/aromatic N) is 1. The lowest BCUT2D eigenvalue weighted by Gasteiger charge is -2.24. The number of aliphatic hydroxyl groups excluding tert-OH is 1. The maximum absolute atomic E-state index is 9.87. The second-order valence-electron chi connectivity index (χ2n) is 8.47. The van der Waals surface area contributed by atoms with Crippen molar-refractivity contribution in [2.45, 2.75) is 63.5 Å². The molecule has 2 aromatic carbocycles. The number of benzene rings is 2. The standard InChI is InChI=1S/C27H33NOS/c1-18(2)26-23(15-16-29)25(21-9-7-6-8-10-21)24(27(28-26)19(3)4)17-30-22-13-11-20(5)12-14-22/h6-14,18-19,29H,15-17H2,1-5H3. The number of aryl methyl sites for hydroxylation is 1. The lowest BCUT2D eigenvalue weighted by Crippen LogP contribution is -2.13. The van der Waals surface area contributed by atoms with Gasteiger partial charge in [0, 0.05) is 28.6 Å². The highest BCUT2D eigenvalue weighted by Gasteiger charge is 2.23. The third-order valence-corrected chi connectivity index (χ3v) is 6.42. The Hall–Kier alpha value is -2.10. The molecule has 0 fully saturated rings. The van der Waals surface area contributed by atoms with Gasteiger partial charge in [-0.1, -0.05) is 75.7 Å². The fraction of sp³-hybridized carbons (Fsp3) is 0.370. The van der Waals surface area contributed by atoms with Gasteiger partial charge >= 0.3 is 0 Å². The molecule has 0 saturated carbocycles. The van der Waals surface area contributed by atoms with Crippen molar-refractivity contribution in [2.75, 3.05) is 6.61 Å². The Morgan fingerprint density at radius 1 is 0.833 bits per heavy atom. The molecule has 1 aromatic heterocycles. The van der Waals surface area contributed by atoms with E-state index in [2.05, 4.69) is 89.2 Å². The van der Waals surface area contributed by atoms with Crippen molar-refractivity contribution in [1.29, 1.82) is 0 Å².